The van der Waals surface area contributed by atoms with Crippen LogP contribution in [0.3, 0.4) is 0 Å². The lowest BCUT2D eigenvalue weighted by atomic mass is 9.79. The number of hydrogen-bond acceptors (Lipinski definition) is 3. The lowest BCUT2D eigenvalue weighted by molar-refractivity contribution is -0.131. The predicted octanol–water partition coefficient (Wildman–Crippen LogP) is 2.06. The summed E-state index contributed by atoms with van der Waals surface area (Å²) in [6.07, 6.45) is 9.00. The standard InChI is InChI=1S/C17H28N2O2/c1-2-15-12-16(20)18(13-15)14-17(6-4-3-5-7-17)19-8-10-21-11-9-19/h2,15H,1,3-14H2. The van der Waals surface area contributed by atoms with Gasteiger partial charge in [0.05, 0.1) is 13.2 Å². The van der Waals surface area contributed by atoms with Gasteiger partial charge < -0.3 is 9.64 Å². The van der Waals surface area contributed by atoms with E-state index in [-0.39, 0.29) is 5.54 Å². The highest BCUT2D eigenvalue weighted by Gasteiger charge is 2.42. The average Bonchev–Trinajstić information content (AvgIpc) is 2.89. The Labute approximate surface area is 128 Å². The Bertz CT molecular complexity index is 384. The fraction of sp³-hybridized carbons (Fsp3) is 0.824. The molecule has 1 unspecified atom stereocenters. The summed E-state index contributed by atoms with van der Waals surface area (Å²) < 4.78 is 5.53. The Morgan fingerprint density at radius 3 is 2.57 bits per heavy atom. The molecule has 0 spiro atoms. The number of nitrogens with zero attached hydrogens (tertiary/aromatic N) is 2. The highest BCUT2D eigenvalue weighted by molar-refractivity contribution is 5.79. The number of rotatable bonds is 4. The Morgan fingerprint density at radius 1 is 1.24 bits per heavy atom. The van der Waals surface area contributed by atoms with Gasteiger partial charge in [-0.05, 0) is 12.8 Å². The van der Waals surface area contributed by atoms with Crippen LogP contribution in [0, 0.1) is 5.92 Å². The highest BCUT2D eigenvalue weighted by atomic mass is 16.5. The van der Waals surface area contributed by atoms with Crippen molar-refractivity contribution in [3.63, 3.8) is 0 Å². The van der Waals surface area contributed by atoms with Crippen LogP contribution >= 0.6 is 0 Å². The van der Waals surface area contributed by atoms with E-state index in [4.69, 9.17) is 4.74 Å². The van der Waals surface area contributed by atoms with Crippen LogP contribution in [0.4, 0.5) is 0 Å². The van der Waals surface area contributed by atoms with Crippen molar-refractivity contribution >= 4 is 5.91 Å². The minimum atomic E-state index is 0.202. The van der Waals surface area contributed by atoms with E-state index in [1.165, 1.54) is 32.1 Å². The summed E-state index contributed by atoms with van der Waals surface area (Å²) in [6.45, 7) is 9.36. The van der Waals surface area contributed by atoms with E-state index < -0.39 is 0 Å². The van der Waals surface area contributed by atoms with Crippen LogP contribution in [0.2, 0.25) is 0 Å². The molecular formula is C17H28N2O2. The van der Waals surface area contributed by atoms with Crippen molar-refractivity contribution in [3.05, 3.63) is 12.7 Å². The Balaban J connectivity index is 1.73. The molecule has 2 aliphatic heterocycles. The minimum Gasteiger partial charge on any atom is -0.379 e. The first-order chi connectivity index (χ1) is 10.2. The highest BCUT2D eigenvalue weighted by Crippen LogP contribution is 2.36. The molecule has 21 heavy (non-hydrogen) atoms. The average molecular weight is 292 g/mol. The molecule has 0 aromatic rings. The zero-order valence-corrected chi connectivity index (χ0v) is 13.1. The molecule has 3 aliphatic rings. The molecule has 1 atom stereocenters. The van der Waals surface area contributed by atoms with Crippen LogP contribution in [0.1, 0.15) is 38.5 Å². The molecule has 118 valence electrons. The van der Waals surface area contributed by atoms with Gasteiger partial charge in [-0.15, -0.1) is 6.58 Å². The topological polar surface area (TPSA) is 32.8 Å². The van der Waals surface area contributed by atoms with Gasteiger partial charge in [-0.1, -0.05) is 25.3 Å². The number of amides is 1. The van der Waals surface area contributed by atoms with Crippen molar-refractivity contribution in [2.45, 2.75) is 44.1 Å². The van der Waals surface area contributed by atoms with E-state index in [1.54, 1.807) is 0 Å². The molecule has 2 saturated heterocycles. The number of morpholine rings is 1. The van der Waals surface area contributed by atoms with Gasteiger partial charge in [0.15, 0.2) is 0 Å². The lowest BCUT2D eigenvalue weighted by Crippen LogP contribution is -2.59. The summed E-state index contributed by atoms with van der Waals surface area (Å²) in [6, 6.07) is 0. The number of carbonyl (C=O) groups is 1. The SMILES string of the molecule is C=CC1CC(=O)N(CC2(N3CCOCC3)CCCCC2)C1. The third-order valence-corrected chi connectivity index (χ3v) is 5.53. The molecule has 2 heterocycles. The Hall–Kier alpha value is -0.870. The van der Waals surface area contributed by atoms with Crippen molar-refractivity contribution in [2.24, 2.45) is 5.92 Å². The summed E-state index contributed by atoms with van der Waals surface area (Å²) in [5.74, 6) is 0.668. The molecule has 4 nitrogen and oxygen atoms in total. The van der Waals surface area contributed by atoms with E-state index in [1.807, 2.05) is 6.08 Å². The molecule has 0 bridgehead atoms. The van der Waals surface area contributed by atoms with E-state index in [0.29, 0.717) is 18.2 Å². The molecule has 3 rings (SSSR count). The van der Waals surface area contributed by atoms with Crippen molar-refractivity contribution in [2.75, 3.05) is 39.4 Å². The van der Waals surface area contributed by atoms with Crippen LogP contribution in [-0.4, -0.2) is 60.6 Å². The van der Waals surface area contributed by atoms with E-state index in [0.717, 1.165) is 39.4 Å². The van der Waals surface area contributed by atoms with Gasteiger partial charge in [-0.25, -0.2) is 0 Å². The third kappa shape index (κ3) is 3.16. The summed E-state index contributed by atoms with van der Waals surface area (Å²) in [7, 11) is 0. The molecule has 3 fully saturated rings. The van der Waals surface area contributed by atoms with Crippen LogP contribution in [0.15, 0.2) is 12.7 Å². The second-order valence-corrected chi connectivity index (χ2v) is 6.86. The first-order valence-corrected chi connectivity index (χ1v) is 8.47. The monoisotopic (exact) mass is 292 g/mol. The smallest absolute Gasteiger partial charge is 0.223 e. The molecular weight excluding hydrogens is 264 g/mol. The molecule has 1 saturated carbocycles. The summed E-state index contributed by atoms with van der Waals surface area (Å²) in [4.78, 5) is 17.0. The Kier molecular flexibility index (Phi) is 4.65. The number of carbonyl (C=O) groups excluding carboxylic acids is 1. The molecule has 1 amide bonds. The quantitative estimate of drug-likeness (QED) is 0.744. The van der Waals surface area contributed by atoms with Gasteiger partial charge in [-0.3, -0.25) is 9.69 Å². The first kappa shape index (κ1) is 15.0. The van der Waals surface area contributed by atoms with Crippen LogP contribution in [-0.2, 0) is 9.53 Å². The van der Waals surface area contributed by atoms with Gasteiger partial charge in [0, 0.05) is 44.1 Å². The van der Waals surface area contributed by atoms with Crippen molar-refractivity contribution < 1.29 is 9.53 Å². The maximum atomic E-state index is 12.3. The normalized spacial score (nSPS) is 30.6. The molecule has 0 aromatic heterocycles. The van der Waals surface area contributed by atoms with Crippen LogP contribution < -0.4 is 0 Å². The fourth-order valence-electron chi connectivity index (χ4n) is 4.29. The zero-order valence-electron chi connectivity index (χ0n) is 13.1. The second kappa shape index (κ2) is 6.49. The molecule has 0 N–H and O–H groups in total. The summed E-state index contributed by atoms with van der Waals surface area (Å²) in [5, 5.41) is 0. The number of likely N-dealkylation sites (tertiary alicyclic amines) is 1. The predicted molar refractivity (Wildman–Crippen MR) is 83.1 cm³/mol. The van der Waals surface area contributed by atoms with Gasteiger partial charge >= 0.3 is 0 Å². The second-order valence-electron chi connectivity index (χ2n) is 6.86. The van der Waals surface area contributed by atoms with Gasteiger partial charge in [0.1, 0.15) is 0 Å². The van der Waals surface area contributed by atoms with Crippen LogP contribution in [0.5, 0.6) is 0 Å². The zero-order chi connectivity index (χ0) is 14.7. The van der Waals surface area contributed by atoms with Crippen molar-refractivity contribution in [3.8, 4) is 0 Å². The third-order valence-electron chi connectivity index (χ3n) is 5.53. The number of hydrogen-bond donors (Lipinski definition) is 0. The molecule has 0 aromatic carbocycles. The van der Waals surface area contributed by atoms with Gasteiger partial charge in [0.25, 0.3) is 0 Å². The van der Waals surface area contributed by atoms with Crippen molar-refractivity contribution in [1.82, 2.24) is 9.80 Å². The van der Waals surface area contributed by atoms with Crippen LogP contribution in [0.25, 0.3) is 0 Å². The molecule has 4 heteroatoms. The number of ether oxygens (including phenoxy) is 1. The van der Waals surface area contributed by atoms with Crippen molar-refractivity contribution in [1.29, 1.82) is 0 Å². The maximum Gasteiger partial charge on any atom is 0.223 e. The van der Waals surface area contributed by atoms with Gasteiger partial charge in [-0.2, -0.15) is 0 Å². The first-order valence-electron chi connectivity index (χ1n) is 8.47. The lowest BCUT2D eigenvalue weighted by Gasteiger charge is -2.49. The largest absolute Gasteiger partial charge is 0.379 e. The summed E-state index contributed by atoms with van der Waals surface area (Å²) >= 11 is 0. The van der Waals surface area contributed by atoms with Gasteiger partial charge in [0.2, 0.25) is 5.91 Å². The minimum absolute atomic E-state index is 0.202. The molecule has 0 radical (unpaired) electrons. The van der Waals surface area contributed by atoms with E-state index in [9.17, 15) is 4.79 Å². The Morgan fingerprint density at radius 2 is 1.95 bits per heavy atom. The van der Waals surface area contributed by atoms with E-state index in [2.05, 4.69) is 16.4 Å². The van der Waals surface area contributed by atoms with E-state index >= 15 is 0 Å². The molecule has 1 aliphatic carbocycles. The maximum absolute atomic E-state index is 12.3. The fourth-order valence-corrected chi connectivity index (χ4v) is 4.29. The summed E-state index contributed by atoms with van der Waals surface area (Å²) in [5.41, 5.74) is 0.202.